The zero-order valence-electron chi connectivity index (χ0n) is 13.7. The summed E-state index contributed by atoms with van der Waals surface area (Å²) in [7, 11) is 0. The summed E-state index contributed by atoms with van der Waals surface area (Å²) < 4.78 is 0. The van der Waals surface area contributed by atoms with Crippen LogP contribution in [0.3, 0.4) is 0 Å². The van der Waals surface area contributed by atoms with Gasteiger partial charge >= 0.3 is 0 Å². The van der Waals surface area contributed by atoms with Crippen LogP contribution in [0.1, 0.15) is 53.4 Å². The lowest BCUT2D eigenvalue weighted by Crippen LogP contribution is -2.34. The van der Waals surface area contributed by atoms with Crippen molar-refractivity contribution in [1.82, 2.24) is 15.0 Å². The first-order valence-corrected chi connectivity index (χ1v) is 8.13. The van der Waals surface area contributed by atoms with Gasteiger partial charge in [0.2, 0.25) is 17.8 Å². The van der Waals surface area contributed by atoms with Crippen molar-refractivity contribution in [2.45, 2.75) is 58.9 Å². The van der Waals surface area contributed by atoms with Crippen LogP contribution in [-0.2, 0) is 0 Å². The number of rotatable bonds is 7. The van der Waals surface area contributed by atoms with E-state index in [9.17, 15) is 0 Å². The molecule has 0 unspecified atom stereocenters. The Morgan fingerprint density at radius 1 is 1.00 bits per heavy atom. The number of aromatic nitrogens is 3. The second-order valence-electron chi connectivity index (χ2n) is 5.90. The van der Waals surface area contributed by atoms with Crippen molar-refractivity contribution < 1.29 is 0 Å². The van der Waals surface area contributed by atoms with Crippen LogP contribution >= 0.6 is 0 Å². The van der Waals surface area contributed by atoms with Crippen molar-refractivity contribution in [3.05, 3.63) is 0 Å². The third kappa shape index (κ3) is 3.95. The Labute approximate surface area is 127 Å². The van der Waals surface area contributed by atoms with Crippen molar-refractivity contribution in [1.29, 1.82) is 0 Å². The molecule has 1 aliphatic heterocycles. The molecule has 0 radical (unpaired) electrons. The Bertz CT molecular complexity index is 451. The Morgan fingerprint density at radius 3 is 2.19 bits per heavy atom. The molecule has 0 bridgehead atoms. The molecule has 6 nitrogen and oxygen atoms in total. The Kier molecular flexibility index (Phi) is 5.20. The van der Waals surface area contributed by atoms with E-state index in [-0.39, 0.29) is 5.54 Å². The minimum atomic E-state index is 0.0209. The van der Waals surface area contributed by atoms with Crippen molar-refractivity contribution in [2.75, 3.05) is 35.2 Å². The van der Waals surface area contributed by atoms with Gasteiger partial charge < -0.3 is 15.5 Å². The fourth-order valence-electron chi connectivity index (χ4n) is 2.41. The topological polar surface area (TPSA) is 66.0 Å². The molecule has 1 aromatic heterocycles. The normalized spacial score (nSPS) is 15.3. The largest absolute Gasteiger partial charge is 0.354 e. The predicted octanol–water partition coefficient (Wildman–Crippen LogP) is 2.89. The molecular formula is C15H28N6. The van der Waals surface area contributed by atoms with E-state index in [2.05, 4.69) is 58.2 Å². The summed E-state index contributed by atoms with van der Waals surface area (Å²) in [6.45, 7) is 11.5. The number of hydrogen-bond acceptors (Lipinski definition) is 6. The van der Waals surface area contributed by atoms with Gasteiger partial charge in [-0.05, 0) is 39.5 Å². The molecule has 0 saturated carbocycles. The summed E-state index contributed by atoms with van der Waals surface area (Å²) in [5.41, 5.74) is 0.0209. The van der Waals surface area contributed by atoms with Crippen LogP contribution in [0.25, 0.3) is 0 Å². The van der Waals surface area contributed by atoms with Gasteiger partial charge in [-0.3, -0.25) is 0 Å². The second-order valence-corrected chi connectivity index (χ2v) is 5.90. The zero-order chi connectivity index (χ0) is 15.3. The molecule has 118 valence electrons. The van der Waals surface area contributed by atoms with E-state index >= 15 is 0 Å². The maximum Gasteiger partial charge on any atom is 0.231 e. The highest BCUT2D eigenvalue weighted by Gasteiger charge is 2.23. The van der Waals surface area contributed by atoms with Crippen molar-refractivity contribution in [3.8, 4) is 0 Å². The lowest BCUT2D eigenvalue weighted by atomic mass is 9.96. The molecular weight excluding hydrogens is 264 g/mol. The highest BCUT2D eigenvalue weighted by atomic mass is 15.3. The molecule has 1 aliphatic rings. The molecule has 6 heteroatoms. The van der Waals surface area contributed by atoms with E-state index < -0.39 is 0 Å². The smallest absolute Gasteiger partial charge is 0.231 e. The molecule has 1 fully saturated rings. The van der Waals surface area contributed by atoms with E-state index in [1.54, 1.807) is 0 Å². The third-order valence-electron chi connectivity index (χ3n) is 4.32. The van der Waals surface area contributed by atoms with E-state index in [0.717, 1.165) is 38.4 Å². The summed E-state index contributed by atoms with van der Waals surface area (Å²) in [4.78, 5) is 15.9. The number of anilines is 3. The molecule has 21 heavy (non-hydrogen) atoms. The molecule has 0 aliphatic carbocycles. The van der Waals surface area contributed by atoms with Gasteiger partial charge in [0.1, 0.15) is 0 Å². The van der Waals surface area contributed by atoms with Crippen LogP contribution in [0.5, 0.6) is 0 Å². The lowest BCUT2D eigenvalue weighted by molar-refractivity contribution is 0.474. The third-order valence-corrected chi connectivity index (χ3v) is 4.32. The molecule has 1 aromatic rings. The van der Waals surface area contributed by atoms with Gasteiger partial charge in [0, 0.05) is 25.2 Å². The fraction of sp³-hybridized carbons (Fsp3) is 0.800. The van der Waals surface area contributed by atoms with Crippen LogP contribution in [-0.4, -0.2) is 40.1 Å². The standard InChI is InChI=1S/C15H28N6/c1-5-15(4,6-2)20-13-17-12(16-7-3)18-14(19-13)21-10-8-9-11-21/h5-11H2,1-4H3,(H2,16,17,18,19,20). The Morgan fingerprint density at radius 2 is 1.62 bits per heavy atom. The molecule has 0 spiro atoms. The van der Waals surface area contributed by atoms with E-state index in [1.165, 1.54) is 12.8 Å². The number of nitrogens with zero attached hydrogens (tertiary/aromatic N) is 4. The lowest BCUT2D eigenvalue weighted by Gasteiger charge is -2.28. The molecule has 2 N–H and O–H groups in total. The Balaban J connectivity index is 2.26. The van der Waals surface area contributed by atoms with Crippen LogP contribution in [0.2, 0.25) is 0 Å². The summed E-state index contributed by atoms with van der Waals surface area (Å²) in [6.07, 6.45) is 4.49. The minimum Gasteiger partial charge on any atom is -0.354 e. The first kappa shape index (κ1) is 15.8. The predicted molar refractivity (Wildman–Crippen MR) is 88.0 cm³/mol. The molecule has 0 amide bonds. The average Bonchev–Trinajstić information content (AvgIpc) is 3.01. The summed E-state index contributed by atoms with van der Waals surface area (Å²) >= 11 is 0. The summed E-state index contributed by atoms with van der Waals surface area (Å²) in [5.74, 6) is 2.12. The monoisotopic (exact) mass is 292 g/mol. The van der Waals surface area contributed by atoms with Crippen molar-refractivity contribution >= 4 is 17.8 Å². The zero-order valence-corrected chi connectivity index (χ0v) is 13.7. The number of hydrogen-bond donors (Lipinski definition) is 2. The van der Waals surface area contributed by atoms with Crippen LogP contribution < -0.4 is 15.5 Å². The second kappa shape index (κ2) is 6.91. The average molecular weight is 292 g/mol. The van der Waals surface area contributed by atoms with Gasteiger partial charge in [-0.25, -0.2) is 0 Å². The minimum absolute atomic E-state index is 0.0209. The van der Waals surface area contributed by atoms with Crippen molar-refractivity contribution in [2.24, 2.45) is 0 Å². The van der Waals surface area contributed by atoms with Gasteiger partial charge in [-0.15, -0.1) is 0 Å². The Hall–Kier alpha value is -1.59. The summed E-state index contributed by atoms with van der Waals surface area (Å²) in [5, 5.41) is 6.69. The van der Waals surface area contributed by atoms with Gasteiger partial charge in [-0.1, -0.05) is 13.8 Å². The van der Waals surface area contributed by atoms with Crippen LogP contribution in [0.15, 0.2) is 0 Å². The summed E-state index contributed by atoms with van der Waals surface area (Å²) in [6, 6.07) is 0. The first-order valence-electron chi connectivity index (χ1n) is 8.13. The van der Waals surface area contributed by atoms with Crippen LogP contribution in [0.4, 0.5) is 17.8 Å². The van der Waals surface area contributed by atoms with Gasteiger partial charge in [-0.2, -0.15) is 15.0 Å². The molecule has 0 atom stereocenters. The van der Waals surface area contributed by atoms with E-state index in [4.69, 9.17) is 0 Å². The molecule has 2 rings (SSSR count). The highest BCUT2D eigenvalue weighted by Crippen LogP contribution is 2.23. The maximum absolute atomic E-state index is 4.63. The maximum atomic E-state index is 4.63. The fourth-order valence-corrected chi connectivity index (χ4v) is 2.41. The highest BCUT2D eigenvalue weighted by molar-refractivity contribution is 5.45. The van der Waals surface area contributed by atoms with E-state index in [0.29, 0.717) is 11.9 Å². The quantitative estimate of drug-likeness (QED) is 0.805. The molecule has 2 heterocycles. The SMILES string of the molecule is CCNc1nc(NC(C)(CC)CC)nc(N2CCCC2)n1. The van der Waals surface area contributed by atoms with E-state index in [1.807, 2.05) is 0 Å². The number of nitrogens with one attached hydrogen (secondary N) is 2. The molecule has 1 saturated heterocycles. The van der Waals surface area contributed by atoms with Crippen LogP contribution in [0, 0.1) is 0 Å². The first-order chi connectivity index (χ1) is 10.1. The molecule has 0 aromatic carbocycles. The van der Waals surface area contributed by atoms with Gasteiger partial charge in [0.15, 0.2) is 0 Å². The van der Waals surface area contributed by atoms with Gasteiger partial charge in [0.05, 0.1) is 0 Å². The van der Waals surface area contributed by atoms with Gasteiger partial charge in [0.25, 0.3) is 0 Å². The van der Waals surface area contributed by atoms with Crippen molar-refractivity contribution in [3.63, 3.8) is 0 Å².